The lowest BCUT2D eigenvalue weighted by Gasteiger charge is -2.36. The Morgan fingerprint density at radius 3 is 2.34 bits per heavy atom. The van der Waals surface area contributed by atoms with Gasteiger partial charge in [-0.15, -0.1) is 0 Å². The van der Waals surface area contributed by atoms with Gasteiger partial charge in [0, 0.05) is 55.0 Å². The number of ketones is 1. The van der Waals surface area contributed by atoms with Gasteiger partial charge in [0.25, 0.3) is 0 Å². The Labute approximate surface area is 173 Å². The number of anilines is 1. The number of Topliss-reactive ketones (excluding diaryl/α,β-unsaturated/α-hetero) is 1. The lowest BCUT2D eigenvalue weighted by atomic mass is 10.1. The molecule has 29 heavy (non-hydrogen) atoms. The van der Waals surface area contributed by atoms with Crippen molar-refractivity contribution in [3.05, 3.63) is 42.0 Å². The maximum atomic E-state index is 15.2. The van der Waals surface area contributed by atoms with Gasteiger partial charge < -0.3 is 9.33 Å². The van der Waals surface area contributed by atoms with Crippen LogP contribution in [0.15, 0.2) is 30.6 Å². The highest BCUT2D eigenvalue weighted by Crippen LogP contribution is 2.37. The fraction of sp³-hybridized carbons (Fsp3) is 0.500. The van der Waals surface area contributed by atoms with Gasteiger partial charge in [0.15, 0.2) is 8.32 Å². The zero-order valence-electron chi connectivity index (χ0n) is 18.0. The lowest BCUT2D eigenvalue weighted by molar-refractivity contribution is -0.119. The van der Waals surface area contributed by atoms with Crippen molar-refractivity contribution in [2.24, 2.45) is 0 Å². The molecule has 0 atom stereocenters. The first-order valence-electron chi connectivity index (χ1n) is 10.1. The fourth-order valence-corrected chi connectivity index (χ4v) is 3.92. The molecule has 0 N–H and O–H groups in total. The Hall–Kier alpha value is -2.12. The number of hydrogen-bond acceptors (Lipinski definition) is 5. The monoisotopic (exact) mass is 415 g/mol. The minimum Gasteiger partial charge on any atom is -0.412 e. The van der Waals surface area contributed by atoms with Crippen LogP contribution in [0.3, 0.4) is 0 Å². The summed E-state index contributed by atoms with van der Waals surface area (Å²) in [7, 11) is -1.96. The van der Waals surface area contributed by atoms with Crippen LogP contribution in [0, 0.1) is 5.82 Å². The second-order valence-electron chi connectivity index (χ2n) is 9.13. The summed E-state index contributed by atoms with van der Waals surface area (Å²) in [5, 5.41) is 0.0732. The highest BCUT2D eigenvalue weighted by atomic mass is 28.4. The molecular weight excluding hydrogens is 385 g/mol. The SMILES string of the molecule is CC(C)(C)[Si](C)(C)OCc1cccc(-c2cnc(N3CCC(=O)CC3)nc2)c1F. The van der Waals surface area contributed by atoms with E-state index in [0.717, 1.165) is 0 Å². The number of hydrogen-bond donors (Lipinski definition) is 0. The van der Waals surface area contributed by atoms with Crippen LogP contribution < -0.4 is 4.90 Å². The smallest absolute Gasteiger partial charge is 0.225 e. The molecule has 1 saturated heterocycles. The predicted molar refractivity (Wildman–Crippen MR) is 116 cm³/mol. The van der Waals surface area contributed by atoms with Crippen molar-refractivity contribution < 1.29 is 13.6 Å². The maximum Gasteiger partial charge on any atom is 0.225 e. The van der Waals surface area contributed by atoms with E-state index >= 15 is 4.39 Å². The van der Waals surface area contributed by atoms with E-state index in [-0.39, 0.29) is 23.2 Å². The van der Waals surface area contributed by atoms with Crippen LogP contribution in [0.1, 0.15) is 39.2 Å². The molecule has 1 aliphatic rings. The Bertz CT molecular complexity index is 869. The van der Waals surface area contributed by atoms with Crippen LogP contribution in [0.4, 0.5) is 10.3 Å². The average molecular weight is 416 g/mol. The van der Waals surface area contributed by atoms with Gasteiger partial charge >= 0.3 is 0 Å². The molecule has 0 saturated carbocycles. The molecule has 2 aromatic rings. The quantitative estimate of drug-likeness (QED) is 0.645. The summed E-state index contributed by atoms with van der Waals surface area (Å²) >= 11 is 0. The first-order chi connectivity index (χ1) is 13.6. The zero-order valence-corrected chi connectivity index (χ0v) is 19.0. The number of halogens is 1. The van der Waals surface area contributed by atoms with E-state index in [0.29, 0.717) is 48.6 Å². The van der Waals surface area contributed by atoms with Crippen molar-refractivity contribution in [3.63, 3.8) is 0 Å². The second-order valence-corrected chi connectivity index (χ2v) is 13.9. The van der Waals surface area contributed by atoms with E-state index in [1.807, 2.05) is 11.0 Å². The number of carbonyl (C=O) groups excluding carboxylic acids is 1. The number of aromatic nitrogens is 2. The third kappa shape index (κ3) is 4.90. The van der Waals surface area contributed by atoms with Gasteiger partial charge in [-0.3, -0.25) is 4.79 Å². The summed E-state index contributed by atoms with van der Waals surface area (Å²) in [6, 6.07) is 5.35. The molecule has 0 bridgehead atoms. The lowest BCUT2D eigenvalue weighted by Crippen LogP contribution is -2.40. The summed E-state index contributed by atoms with van der Waals surface area (Å²) in [5.41, 5.74) is 1.65. The van der Waals surface area contributed by atoms with Gasteiger partial charge in [0.05, 0.1) is 6.61 Å². The number of carbonyl (C=O) groups is 1. The summed E-state index contributed by atoms with van der Waals surface area (Å²) in [6.07, 6.45) is 4.34. The minimum absolute atomic E-state index is 0.0732. The van der Waals surface area contributed by atoms with Crippen LogP contribution in [0.2, 0.25) is 18.1 Å². The van der Waals surface area contributed by atoms with E-state index in [9.17, 15) is 4.79 Å². The van der Waals surface area contributed by atoms with Crippen molar-refractivity contribution >= 4 is 20.0 Å². The van der Waals surface area contributed by atoms with Gasteiger partial charge in [-0.05, 0) is 18.1 Å². The molecule has 0 spiro atoms. The molecule has 0 radical (unpaired) electrons. The maximum absolute atomic E-state index is 15.2. The van der Waals surface area contributed by atoms with Crippen LogP contribution in [-0.4, -0.2) is 37.2 Å². The van der Waals surface area contributed by atoms with Gasteiger partial charge in [-0.25, -0.2) is 14.4 Å². The van der Waals surface area contributed by atoms with E-state index in [4.69, 9.17) is 4.43 Å². The Morgan fingerprint density at radius 1 is 1.14 bits per heavy atom. The van der Waals surface area contributed by atoms with Gasteiger partial charge in [-0.1, -0.05) is 39.0 Å². The molecule has 7 heteroatoms. The molecular formula is C22H30FN3O2Si. The molecule has 156 valence electrons. The first kappa shape index (κ1) is 21.6. The van der Waals surface area contributed by atoms with Gasteiger partial charge in [-0.2, -0.15) is 0 Å². The fourth-order valence-electron chi connectivity index (χ4n) is 2.97. The molecule has 1 fully saturated rings. The third-order valence-corrected chi connectivity index (χ3v) is 10.5. The average Bonchev–Trinajstić information content (AvgIpc) is 2.67. The van der Waals surface area contributed by atoms with Crippen molar-refractivity contribution in [3.8, 4) is 11.1 Å². The van der Waals surface area contributed by atoms with Crippen molar-refractivity contribution in [2.45, 2.75) is 58.4 Å². The summed E-state index contributed by atoms with van der Waals surface area (Å²) in [4.78, 5) is 22.2. The highest BCUT2D eigenvalue weighted by Gasteiger charge is 2.37. The summed E-state index contributed by atoms with van der Waals surface area (Å²) in [6.45, 7) is 12.4. The van der Waals surface area contributed by atoms with Crippen molar-refractivity contribution in [1.29, 1.82) is 0 Å². The van der Waals surface area contributed by atoms with E-state index in [2.05, 4.69) is 43.8 Å². The Morgan fingerprint density at radius 2 is 1.76 bits per heavy atom. The standard InChI is InChI=1S/C22H30FN3O2Si/c1-22(2,3)29(4,5)28-15-16-7-6-8-19(20(16)23)17-13-24-21(25-14-17)26-11-9-18(27)10-12-26/h6-8,13-14H,9-12,15H2,1-5H3. The van der Waals surface area contributed by atoms with E-state index in [1.54, 1.807) is 24.5 Å². The van der Waals surface area contributed by atoms with E-state index < -0.39 is 8.32 Å². The first-order valence-corrected chi connectivity index (χ1v) is 13.0. The predicted octanol–water partition coefficient (Wildman–Crippen LogP) is 4.97. The summed E-state index contributed by atoms with van der Waals surface area (Å²) in [5.74, 6) is 0.571. The molecule has 5 nitrogen and oxygen atoms in total. The molecule has 3 rings (SSSR count). The van der Waals surface area contributed by atoms with Gasteiger partial charge in [0.1, 0.15) is 11.6 Å². The van der Waals surface area contributed by atoms with Crippen LogP contribution in [0.25, 0.3) is 11.1 Å². The molecule has 0 unspecified atom stereocenters. The second kappa shape index (κ2) is 8.32. The van der Waals surface area contributed by atoms with Gasteiger partial charge in [0.2, 0.25) is 5.95 Å². The Kier molecular flexibility index (Phi) is 6.19. The van der Waals surface area contributed by atoms with Crippen molar-refractivity contribution in [1.82, 2.24) is 9.97 Å². The molecule has 0 aliphatic carbocycles. The molecule has 1 aromatic carbocycles. The highest BCUT2D eigenvalue weighted by molar-refractivity contribution is 6.74. The van der Waals surface area contributed by atoms with E-state index in [1.165, 1.54) is 0 Å². The third-order valence-electron chi connectivity index (χ3n) is 6.03. The number of piperidine rings is 1. The van der Waals surface area contributed by atoms with Crippen molar-refractivity contribution in [2.75, 3.05) is 18.0 Å². The molecule has 1 aliphatic heterocycles. The number of benzene rings is 1. The topological polar surface area (TPSA) is 55.3 Å². The molecule has 1 aromatic heterocycles. The molecule has 2 heterocycles. The normalized spacial score (nSPS) is 15.7. The largest absolute Gasteiger partial charge is 0.412 e. The zero-order chi connectivity index (χ0) is 21.2. The van der Waals surface area contributed by atoms with Crippen LogP contribution >= 0.6 is 0 Å². The van der Waals surface area contributed by atoms with Crippen LogP contribution in [-0.2, 0) is 15.8 Å². The number of rotatable bonds is 5. The minimum atomic E-state index is -1.96. The molecule has 0 amide bonds. The summed E-state index contributed by atoms with van der Waals surface area (Å²) < 4.78 is 21.4. The van der Waals surface area contributed by atoms with Crippen LogP contribution in [0.5, 0.6) is 0 Å². The Balaban J connectivity index is 1.76. The number of nitrogens with zero attached hydrogens (tertiary/aromatic N) is 3.